The molecule has 0 atom stereocenters. The van der Waals surface area contributed by atoms with Gasteiger partial charge >= 0.3 is 0 Å². The van der Waals surface area contributed by atoms with Crippen LogP contribution >= 0.6 is 22.9 Å². The van der Waals surface area contributed by atoms with Crippen molar-refractivity contribution in [3.8, 4) is 5.75 Å². The second-order valence-corrected chi connectivity index (χ2v) is 11.3. The molecule has 1 heterocycles. The Morgan fingerprint density at radius 1 is 0.897 bits per heavy atom. The number of hydrogen-bond acceptors (Lipinski definition) is 3. The van der Waals surface area contributed by atoms with Crippen molar-refractivity contribution in [2.24, 2.45) is 0 Å². The van der Waals surface area contributed by atoms with Gasteiger partial charge < -0.3 is 27.0 Å². The van der Waals surface area contributed by atoms with E-state index < -0.39 is 0 Å². The number of unbranched alkanes of at least 4 members (excludes halogenated alkanes) is 11. The summed E-state index contributed by atoms with van der Waals surface area (Å²) in [6, 6.07) is 13.2. The number of rotatable bonds is 18. The molecule has 0 saturated carbocycles. The predicted octanol–water partition coefficient (Wildman–Crippen LogP) is 6.38. The van der Waals surface area contributed by atoms with Crippen LogP contribution in [0, 0.1) is 6.92 Å². The number of carbonyl (C=O) groups is 1. The number of nitrogens with zero attached hydrogens (tertiary/aromatic N) is 1. The molecule has 2 aromatic carbocycles. The molecule has 1 N–H and O–H groups in total. The monoisotopic (exact) mass is 634 g/mol. The van der Waals surface area contributed by atoms with E-state index in [1.165, 1.54) is 81.9 Å². The molecule has 0 aliphatic heterocycles. The number of carbonyl (C=O) groups excluding carboxylic acids is 1. The van der Waals surface area contributed by atoms with E-state index in [0.29, 0.717) is 22.9 Å². The normalized spacial score (nSPS) is 10.7. The van der Waals surface area contributed by atoms with E-state index in [2.05, 4.69) is 34.6 Å². The van der Waals surface area contributed by atoms with Gasteiger partial charge in [0.15, 0.2) is 12.2 Å². The minimum atomic E-state index is -0.224. The molecule has 0 saturated heterocycles. The van der Waals surface area contributed by atoms with E-state index in [1.54, 1.807) is 23.5 Å². The Bertz CT molecular complexity index is 1100. The second-order valence-electron chi connectivity index (χ2n) is 10.2. The maximum atomic E-state index is 12.8. The molecular weight excluding hydrogens is 592 g/mol. The van der Waals surface area contributed by atoms with Gasteiger partial charge in [-0.15, -0.1) is 0 Å². The van der Waals surface area contributed by atoms with Crippen LogP contribution in [0.25, 0.3) is 0 Å². The first-order valence-corrected chi connectivity index (χ1v) is 15.6. The van der Waals surface area contributed by atoms with Crippen molar-refractivity contribution in [2.75, 3.05) is 11.9 Å². The molecule has 214 valence electrons. The van der Waals surface area contributed by atoms with Gasteiger partial charge in [0.05, 0.1) is 22.6 Å². The minimum absolute atomic E-state index is 0. The van der Waals surface area contributed by atoms with Crippen LogP contribution in [0.5, 0.6) is 5.75 Å². The molecule has 1 aromatic heterocycles. The van der Waals surface area contributed by atoms with Crippen molar-refractivity contribution < 1.29 is 31.1 Å². The van der Waals surface area contributed by atoms with Crippen LogP contribution in [-0.4, -0.2) is 12.5 Å². The number of thiazole rings is 1. The Hall–Kier alpha value is -1.89. The van der Waals surface area contributed by atoms with Gasteiger partial charge in [0.25, 0.3) is 5.91 Å². The quantitative estimate of drug-likeness (QED) is 0.130. The number of benzene rings is 2. The van der Waals surface area contributed by atoms with Crippen LogP contribution in [0.4, 0.5) is 5.69 Å². The molecule has 0 aliphatic rings. The summed E-state index contributed by atoms with van der Waals surface area (Å²) >= 11 is 8.12. The van der Waals surface area contributed by atoms with Gasteiger partial charge in [-0.25, -0.2) is 0 Å². The number of aromatic nitrogens is 1. The summed E-state index contributed by atoms with van der Waals surface area (Å²) in [7, 11) is 0. The molecule has 0 unspecified atom stereocenters. The molecule has 7 heteroatoms. The zero-order valence-corrected chi connectivity index (χ0v) is 26.7. The molecule has 0 fully saturated rings. The molecular formula is C32H44BrClN2O2S. The lowest BCUT2D eigenvalue weighted by atomic mass is 10.1. The molecule has 0 bridgehead atoms. The number of amides is 1. The van der Waals surface area contributed by atoms with Crippen molar-refractivity contribution in [1.82, 2.24) is 0 Å². The molecule has 0 radical (unpaired) electrons. The highest BCUT2D eigenvalue weighted by molar-refractivity contribution is 7.07. The first-order valence-electron chi connectivity index (χ1n) is 14.3. The smallest absolute Gasteiger partial charge is 0.257 e. The number of halogens is 2. The molecule has 3 rings (SSSR count). The van der Waals surface area contributed by atoms with Gasteiger partial charge in [-0.2, -0.15) is 4.57 Å². The molecule has 1 amide bonds. The number of nitrogens with one attached hydrogen (secondary N) is 1. The lowest BCUT2D eigenvalue weighted by Gasteiger charge is -2.10. The fourth-order valence-corrected chi connectivity index (χ4v) is 5.54. The third-order valence-corrected chi connectivity index (χ3v) is 8.06. The fraction of sp³-hybridized carbons (Fsp3) is 0.500. The summed E-state index contributed by atoms with van der Waals surface area (Å²) in [5.74, 6) is 0.485. The number of anilines is 1. The summed E-state index contributed by atoms with van der Waals surface area (Å²) in [5, 5.41) is 5.47. The number of hydrogen-bond donors (Lipinski definition) is 1. The largest absolute Gasteiger partial charge is 1.00 e. The van der Waals surface area contributed by atoms with E-state index in [0.717, 1.165) is 18.7 Å². The Morgan fingerprint density at radius 3 is 2.08 bits per heavy atom. The lowest BCUT2D eigenvalue weighted by molar-refractivity contribution is -0.689. The minimum Gasteiger partial charge on any atom is -1.00 e. The van der Waals surface area contributed by atoms with E-state index >= 15 is 0 Å². The van der Waals surface area contributed by atoms with Crippen LogP contribution in [0.3, 0.4) is 0 Å². The zero-order valence-electron chi connectivity index (χ0n) is 23.5. The highest BCUT2D eigenvalue weighted by Gasteiger charge is 2.13. The van der Waals surface area contributed by atoms with Crippen LogP contribution < -0.4 is 31.6 Å². The van der Waals surface area contributed by atoms with Gasteiger partial charge in [0.2, 0.25) is 5.51 Å². The van der Waals surface area contributed by atoms with Crippen molar-refractivity contribution in [2.45, 2.75) is 97.4 Å². The predicted molar refractivity (Wildman–Crippen MR) is 161 cm³/mol. The van der Waals surface area contributed by atoms with Crippen LogP contribution in [0.2, 0.25) is 5.02 Å². The first-order chi connectivity index (χ1) is 18.6. The fourth-order valence-electron chi connectivity index (χ4n) is 4.51. The second kappa shape index (κ2) is 19.2. The molecule has 39 heavy (non-hydrogen) atoms. The van der Waals surface area contributed by atoms with Gasteiger partial charge in [-0.3, -0.25) is 4.79 Å². The molecule has 3 aromatic rings. The molecule has 4 nitrogen and oxygen atoms in total. The SMILES string of the molecule is CCCCCCCCCCCCCCOc1ccc(C(=O)Nc2ccc(C[n+]3cscc3C)cc2)c(Cl)c1.[Br-]. The summed E-state index contributed by atoms with van der Waals surface area (Å²) in [6.07, 6.45) is 15.9. The van der Waals surface area contributed by atoms with E-state index in [-0.39, 0.29) is 22.9 Å². The highest BCUT2D eigenvalue weighted by atomic mass is 79.9. The number of ether oxygens (including phenoxy) is 1. The zero-order chi connectivity index (χ0) is 27.0. The summed E-state index contributed by atoms with van der Waals surface area (Å²) in [4.78, 5) is 12.8. The third-order valence-electron chi connectivity index (χ3n) is 6.90. The Kier molecular flexibility index (Phi) is 16.4. The molecule has 0 spiro atoms. The van der Waals surface area contributed by atoms with Crippen molar-refractivity contribution in [3.05, 3.63) is 75.2 Å². The van der Waals surface area contributed by atoms with Crippen LogP contribution in [0.1, 0.15) is 106 Å². The summed E-state index contributed by atoms with van der Waals surface area (Å²) in [6.45, 7) is 5.86. The van der Waals surface area contributed by atoms with Crippen molar-refractivity contribution in [3.63, 3.8) is 0 Å². The van der Waals surface area contributed by atoms with Gasteiger partial charge in [-0.05, 0) is 36.8 Å². The Labute approximate surface area is 254 Å². The van der Waals surface area contributed by atoms with Crippen LogP contribution in [0.15, 0.2) is 53.4 Å². The molecule has 0 aliphatic carbocycles. The first kappa shape index (κ1) is 33.3. The summed E-state index contributed by atoms with van der Waals surface area (Å²) < 4.78 is 8.09. The topological polar surface area (TPSA) is 42.2 Å². The maximum absolute atomic E-state index is 12.8. The van der Waals surface area contributed by atoms with Gasteiger partial charge in [0, 0.05) is 18.2 Å². The van der Waals surface area contributed by atoms with E-state index in [9.17, 15) is 4.79 Å². The average Bonchev–Trinajstić information content (AvgIpc) is 3.32. The van der Waals surface area contributed by atoms with Gasteiger partial charge in [0.1, 0.15) is 5.75 Å². The van der Waals surface area contributed by atoms with E-state index in [4.69, 9.17) is 16.3 Å². The Balaban J connectivity index is 0.00000533. The Morgan fingerprint density at radius 2 is 1.51 bits per heavy atom. The van der Waals surface area contributed by atoms with Crippen LogP contribution in [-0.2, 0) is 6.54 Å². The maximum Gasteiger partial charge on any atom is 0.257 e. The highest BCUT2D eigenvalue weighted by Crippen LogP contribution is 2.24. The van der Waals surface area contributed by atoms with Crippen molar-refractivity contribution >= 4 is 34.5 Å². The van der Waals surface area contributed by atoms with Gasteiger partial charge in [-0.1, -0.05) is 113 Å². The van der Waals surface area contributed by atoms with E-state index in [1.807, 2.05) is 30.3 Å². The lowest BCUT2D eigenvalue weighted by Crippen LogP contribution is -3.00. The summed E-state index contributed by atoms with van der Waals surface area (Å²) in [5.41, 5.74) is 5.72. The third kappa shape index (κ3) is 12.4. The average molecular weight is 636 g/mol. The standard InChI is InChI=1S/C32H43ClN2O2S.BrH/c1-3-4-5-6-7-8-9-10-11-12-13-14-21-37-29-19-20-30(31(33)22-29)32(36)34-28-17-15-27(16-18-28)23-35-25-38-24-26(35)2;/h15-20,22,24-25H,3-14,21,23H2,1-2H3;1H. The van der Waals surface area contributed by atoms with Crippen molar-refractivity contribution in [1.29, 1.82) is 0 Å². The number of aryl methyl sites for hydroxylation is 1.